The summed E-state index contributed by atoms with van der Waals surface area (Å²) in [4.78, 5) is 11.4. The molecular weight excluding hydrogens is 348 g/mol. The summed E-state index contributed by atoms with van der Waals surface area (Å²) in [6, 6.07) is 12.2. The van der Waals surface area contributed by atoms with E-state index in [-0.39, 0.29) is 17.2 Å². The van der Waals surface area contributed by atoms with Crippen LogP contribution in [-0.2, 0) is 16.3 Å². The number of carboxylic acid groups (broad SMARTS) is 1. The minimum atomic E-state index is -3.22. The fourth-order valence-corrected chi connectivity index (χ4v) is 5.26. The van der Waals surface area contributed by atoms with E-state index in [9.17, 15) is 13.2 Å². The lowest BCUT2D eigenvalue weighted by Gasteiger charge is -2.10. The van der Waals surface area contributed by atoms with E-state index in [1.54, 1.807) is 30.3 Å². The minimum absolute atomic E-state index is 0.167. The molecule has 0 saturated carbocycles. The second-order valence-corrected chi connectivity index (χ2v) is 9.00. The number of benzene rings is 2. The van der Waals surface area contributed by atoms with Crippen LogP contribution in [0.2, 0.25) is 0 Å². The minimum Gasteiger partial charge on any atom is -0.478 e. The predicted molar refractivity (Wildman–Crippen MR) is 103 cm³/mol. The molecule has 26 heavy (non-hydrogen) atoms. The van der Waals surface area contributed by atoms with Gasteiger partial charge in [-0.25, -0.2) is 13.2 Å². The van der Waals surface area contributed by atoms with Crippen molar-refractivity contribution in [1.82, 2.24) is 0 Å². The molecule has 1 N–H and O–H groups in total. The molecule has 0 amide bonds. The molecule has 0 radical (unpaired) electrons. The van der Waals surface area contributed by atoms with Gasteiger partial charge in [-0.05, 0) is 66.1 Å². The highest BCUT2D eigenvalue weighted by Gasteiger charge is 2.25. The lowest BCUT2D eigenvalue weighted by molar-refractivity contribution is 0.0697. The molecule has 0 saturated heterocycles. The van der Waals surface area contributed by atoms with Gasteiger partial charge in [-0.3, -0.25) is 0 Å². The van der Waals surface area contributed by atoms with Crippen LogP contribution in [0, 0.1) is 5.92 Å². The van der Waals surface area contributed by atoms with E-state index >= 15 is 0 Å². The van der Waals surface area contributed by atoms with Crippen LogP contribution < -0.4 is 0 Å². The fraction of sp³-hybridized carbons (Fsp3) is 0.286. The Hall–Kier alpha value is -2.40. The number of sulfone groups is 1. The number of rotatable bonds is 3. The standard InChI is InChI=1S/C21H22O4S/c1-14-3-6-19-12-18(9-10-20(19)26(24,25)13-14)15(2)11-16-4-7-17(8-5-16)21(22)23/h4-5,7-12,14H,3,6,13H2,1-2H3,(H,22,23)/b15-11+. The van der Waals surface area contributed by atoms with Gasteiger partial charge in [0.2, 0.25) is 0 Å². The van der Waals surface area contributed by atoms with Crippen molar-refractivity contribution in [2.45, 2.75) is 31.6 Å². The molecule has 0 bridgehead atoms. The van der Waals surface area contributed by atoms with Crippen LogP contribution in [0.15, 0.2) is 47.4 Å². The van der Waals surface area contributed by atoms with Crippen LogP contribution >= 0.6 is 0 Å². The molecule has 0 spiro atoms. The summed E-state index contributed by atoms with van der Waals surface area (Å²) in [6.07, 6.45) is 3.61. The molecule has 4 nitrogen and oxygen atoms in total. The van der Waals surface area contributed by atoms with Crippen LogP contribution in [0.4, 0.5) is 0 Å². The van der Waals surface area contributed by atoms with Crippen molar-refractivity contribution in [3.8, 4) is 0 Å². The van der Waals surface area contributed by atoms with E-state index < -0.39 is 15.8 Å². The first-order valence-corrected chi connectivity index (χ1v) is 10.3. The van der Waals surface area contributed by atoms with Gasteiger partial charge in [-0.1, -0.05) is 37.3 Å². The van der Waals surface area contributed by atoms with E-state index in [2.05, 4.69) is 0 Å². The third kappa shape index (κ3) is 3.88. The maximum absolute atomic E-state index is 12.5. The second kappa shape index (κ2) is 7.08. The molecule has 3 rings (SSSR count). The van der Waals surface area contributed by atoms with E-state index in [0.717, 1.165) is 35.1 Å². The Morgan fingerprint density at radius 2 is 1.77 bits per heavy atom. The largest absolute Gasteiger partial charge is 0.478 e. The summed E-state index contributed by atoms with van der Waals surface area (Å²) < 4.78 is 25.0. The number of hydrogen-bond donors (Lipinski definition) is 1. The monoisotopic (exact) mass is 370 g/mol. The lowest BCUT2D eigenvalue weighted by Crippen LogP contribution is -2.11. The molecule has 1 atom stereocenters. The van der Waals surface area contributed by atoms with E-state index in [1.165, 1.54) is 0 Å². The Balaban J connectivity index is 1.94. The Labute approximate surface area is 154 Å². The first kappa shape index (κ1) is 18.4. The Kier molecular flexibility index (Phi) is 5.01. The first-order valence-electron chi connectivity index (χ1n) is 8.64. The van der Waals surface area contributed by atoms with Crippen LogP contribution in [0.25, 0.3) is 11.6 Å². The number of carboxylic acids is 1. The molecule has 1 aliphatic heterocycles. The molecule has 5 heteroatoms. The van der Waals surface area contributed by atoms with Crippen LogP contribution in [0.3, 0.4) is 0 Å². The van der Waals surface area contributed by atoms with Gasteiger partial charge in [0.05, 0.1) is 16.2 Å². The molecule has 1 heterocycles. The maximum atomic E-state index is 12.5. The lowest BCUT2D eigenvalue weighted by atomic mass is 9.98. The Morgan fingerprint density at radius 3 is 2.42 bits per heavy atom. The predicted octanol–water partition coefficient (Wildman–Crippen LogP) is 4.30. The molecule has 1 aliphatic rings. The van der Waals surface area contributed by atoms with Gasteiger partial charge in [-0.2, -0.15) is 0 Å². The van der Waals surface area contributed by atoms with Gasteiger partial charge < -0.3 is 5.11 Å². The highest BCUT2D eigenvalue weighted by molar-refractivity contribution is 7.91. The molecule has 2 aromatic rings. The zero-order chi connectivity index (χ0) is 18.9. The maximum Gasteiger partial charge on any atom is 0.335 e. The van der Waals surface area contributed by atoms with Crippen molar-refractivity contribution >= 4 is 27.5 Å². The highest BCUT2D eigenvalue weighted by atomic mass is 32.2. The van der Waals surface area contributed by atoms with E-state index in [1.807, 2.05) is 32.1 Å². The van der Waals surface area contributed by atoms with Crippen molar-refractivity contribution in [3.63, 3.8) is 0 Å². The number of allylic oxidation sites excluding steroid dienone is 1. The van der Waals surface area contributed by atoms with Crippen LogP contribution in [0.1, 0.15) is 47.3 Å². The Morgan fingerprint density at radius 1 is 1.12 bits per heavy atom. The van der Waals surface area contributed by atoms with E-state index in [0.29, 0.717) is 4.90 Å². The number of aromatic carboxylic acids is 1. The van der Waals surface area contributed by atoms with Crippen molar-refractivity contribution in [3.05, 3.63) is 64.7 Å². The summed E-state index contributed by atoms with van der Waals surface area (Å²) in [5, 5.41) is 8.97. The summed E-state index contributed by atoms with van der Waals surface area (Å²) in [5.74, 6) is -0.567. The topological polar surface area (TPSA) is 71.4 Å². The average molecular weight is 370 g/mol. The van der Waals surface area contributed by atoms with Gasteiger partial charge in [0.15, 0.2) is 9.84 Å². The molecule has 0 aliphatic carbocycles. The number of hydrogen-bond acceptors (Lipinski definition) is 3. The van der Waals surface area contributed by atoms with Gasteiger partial charge in [0.25, 0.3) is 0 Å². The van der Waals surface area contributed by atoms with Crippen LogP contribution in [0.5, 0.6) is 0 Å². The van der Waals surface area contributed by atoms with Crippen molar-refractivity contribution < 1.29 is 18.3 Å². The smallest absolute Gasteiger partial charge is 0.335 e. The zero-order valence-electron chi connectivity index (χ0n) is 14.9. The van der Waals surface area contributed by atoms with E-state index in [4.69, 9.17) is 5.11 Å². The summed E-state index contributed by atoms with van der Waals surface area (Å²) >= 11 is 0. The van der Waals surface area contributed by atoms with Crippen LogP contribution in [-0.4, -0.2) is 25.2 Å². The van der Waals surface area contributed by atoms with Gasteiger partial charge in [0.1, 0.15) is 0 Å². The molecule has 136 valence electrons. The SMILES string of the molecule is C/C(=C\c1ccc(C(=O)O)cc1)c1ccc2c(c1)CCC(C)CS2(=O)=O. The Bertz CT molecular complexity index is 970. The molecule has 2 aromatic carbocycles. The molecular formula is C21H22O4S. The quantitative estimate of drug-likeness (QED) is 0.818. The number of carbonyl (C=O) groups is 1. The molecule has 0 fully saturated rings. The molecule has 0 aromatic heterocycles. The average Bonchev–Trinajstić information content (AvgIpc) is 2.70. The normalized spacial score (nSPS) is 19.5. The molecule has 1 unspecified atom stereocenters. The van der Waals surface area contributed by atoms with Crippen molar-refractivity contribution in [2.75, 3.05) is 5.75 Å². The first-order chi connectivity index (χ1) is 12.3. The number of fused-ring (bicyclic) bond motifs is 1. The van der Waals surface area contributed by atoms with Crippen molar-refractivity contribution in [2.24, 2.45) is 5.92 Å². The zero-order valence-corrected chi connectivity index (χ0v) is 15.7. The fourth-order valence-electron chi connectivity index (χ4n) is 3.33. The third-order valence-electron chi connectivity index (χ3n) is 4.80. The number of aryl methyl sites for hydroxylation is 1. The van der Waals surface area contributed by atoms with Gasteiger partial charge in [-0.15, -0.1) is 0 Å². The highest BCUT2D eigenvalue weighted by Crippen LogP contribution is 2.30. The van der Waals surface area contributed by atoms with Gasteiger partial charge >= 0.3 is 5.97 Å². The second-order valence-electron chi connectivity index (χ2n) is 7.00. The summed E-state index contributed by atoms with van der Waals surface area (Å²) in [6.45, 7) is 3.96. The summed E-state index contributed by atoms with van der Waals surface area (Å²) in [7, 11) is -3.22. The van der Waals surface area contributed by atoms with Crippen molar-refractivity contribution in [1.29, 1.82) is 0 Å². The van der Waals surface area contributed by atoms with Gasteiger partial charge in [0, 0.05) is 0 Å². The summed E-state index contributed by atoms with van der Waals surface area (Å²) in [5.41, 5.74) is 4.04. The third-order valence-corrected chi connectivity index (χ3v) is 6.88.